The monoisotopic (exact) mass is 262 g/mol. The highest BCUT2D eigenvalue weighted by molar-refractivity contribution is 5.13. The molecular formula is C15H22N2O2. The van der Waals surface area contributed by atoms with Gasteiger partial charge in [-0.1, -0.05) is 6.07 Å². The summed E-state index contributed by atoms with van der Waals surface area (Å²) in [6.45, 7) is 4.05. The van der Waals surface area contributed by atoms with Crippen LogP contribution in [0.5, 0.6) is 0 Å². The molecule has 1 saturated carbocycles. The van der Waals surface area contributed by atoms with E-state index in [0.717, 1.165) is 44.5 Å². The standard InChI is InChI=1S/C15H22N2O2/c1-2-15(11-19-10-13-5-6-18-9-13)17-8-12(1)7-16-14-3-4-14/h1-2,8,13-14,16H,3-7,9-11H2. The summed E-state index contributed by atoms with van der Waals surface area (Å²) in [5, 5.41) is 3.49. The summed E-state index contributed by atoms with van der Waals surface area (Å²) in [7, 11) is 0. The fourth-order valence-corrected chi connectivity index (χ4v) is 2.24. The zero-order chi connectivity index (χ0) is 12.9. The lowest BCUT2D eigenvalue weighted by atomic mass is 10.1. The Bertz CT molecular complexity index is 384. The van der Waals surface area contributed by atoms with Crippen LogP contribution in [0.1, 0.15) is 30.5 Å². The van der Waals surface area contributed by atoms with Gasteiger partial charge in [-0.05, 0) is 30.9 Å². The Morgan fingerprint density at radius 3 is 2.95 bits per heavy atom. The number of hydrogen-bond donors (Lipinski definition) is 1. The van der Waals surface area contributed by atoms with Crippen LogP contribution in [0.15, 0.2) is 18.3 Å². The van der Waals surface area contributed by atoms with Crippen LogP contribution >= 0.6 is 0 Å². The van der Waals surface area contributed by atoms with Gasteiger partial charge in [0.1, 0.15) is 0 Å². The molecule has 0 amide bonds. The van der Waals surface area contributed by atoms with Crippen LogP contribution in [-0.2, 0) is 22.6 Å². The molecule has 1 aliphatic heterocycles. The topological polar surface area (TPSA) is 43.4 Å². The third-order valence-corrected chi connectivity index (χ3v) is 3.69. The smallest absolute Gasteiger partial charge is 0.0887 e. The fraction of sp³-hybridized carbons (Fsp3) is 0.667. The van der Waals surface area contributed by atoms with Crippen molar-refractivity contribution in [2.24, 2.45) is 5.92 Å². The van der Waals surface area contributed by atoms with Gasteiger partial charge in [-0.15, -0.1) is 0 Å². The molecule has 1 aliphatic carbocycles. The van der Waals surface area contributed by atoms with Crippen LogP contribution in [0, 0.1) is 5.92 Å². The van der Waals surface area contributed by atoms with Gasteiger partial charge >= 0.3 is 0 Å². The van der Waals surface area contributed by atoms with Crippen molar-refractivity contribution in [2.45, 2.75) is 38.5 Å². The van der Waals surface area contributed by atoms with Gasteiger partial charge in [-0.2, -0.15) is 0 Å². The number of rotatable bonds is 7. The lowest BCUT2D eigenvalue weighted by Gasteiger charge is -2.09. The van der Waals surface area contributed by atoms with Crippen LogP contribution in [0.2, 0.25) is 0 Å². The lowest BCUT2D eigenvalue weighted by molar-refractivity contribution is 0.0773. The molecule has 4 heteroatoms. The number of aromatic nitrogens is 1. The van der Waals surface area contributed by atoms with Gasteiger partial charge in [0, 0.05) is 31.3 Å². The second kappa shape index (κ2) is 6.46. The molecule has 104 valence electrons. The molecule has 0 radical (unpaired) electrons. The molecule has 1 unspecified atom stereocenters. The summed E-state index contributed by atoms with van der Waals surface area (Å²) in [5.41, 5.74) is 2.26. The molecule has 1 aromatic rings. The molecule has 1 N–H and O–H groups in total. The van der Waals surface area contributed by atoms with E-state index in [1.165, 1.54) is 18.4 Å². The average Bonchev–Trinajstić information content (AvgIpc) is 3.13. The highest BCUT2D eigenvalue weighted by atomic mass is 16.5. The SMILES string of the molecule is c1cc(COCC2CCOC2)ncc1CNC1CC1. The first-order valence-corrected chi connectivity index (χ1v) is 7.23. The summed E-state index contributed by atoms with van der Waals surface area (Å²) in [6.07, 6.45) is 5.72. The molecule has 1 aromatic heterocycles. The Morgan fingerprint density at radius 2 is 2.26 bits per heavy atom. The Balaban J connectivity index is 1.37. The first-order valence-electron chi connectivity index (χ1n) is 7.23. The third-order valence-electron chi connectivity index (χ3n) is 3.69. The quantitative estimate of drug-likeness (QED) is 0.815. The Hall–Kier alpha value is -0.970. The normalized spacial score (nSPS) is 22.8. The average molecular weight is 262 g/mol. The van der Waals surface area contributed by atoms with Crippen molar-refractivity contribution in [3.05, 3.63) is 29.6 Å². The number of hydrogen-bond acceptors (Lipinski definition) is 4. The van der Waals surface area contributed by atoms with Crippen LogP contribution in [0.4, 0.5) is 0 Å². The van der Waals surface area contributed by atoms with E-state index in [0.29, 0.717) is 12.5 Å². The number of ether oxygens (including phenoxy) is 2. The molecular weight excluding hydrogens is 240 g/mol. The zero-order valence-corrected chi connectivity index (χ0v) is 11.3. The van der Waals surface area contributed by atoms with E-state index in [2.05, 4.69) is 22.4 Å². The second-order valence-electron chi connectivity index (χ2n) is 5.56. The zero-order valence-electron chi connectivity index (χ0n) is 11.3. The maximum absolute atomic E-state index is 5.69. The first-order chi connectivity index (χ1) is 9.40. The molecule has 2 fully saturated rings. The summed E-state index contributed by atoms with van der Waals surface area (Å²) in [6, 6.07) is 4.95. The number of pyridine rings is 1. The van der Waals surface area contributed by atoms with E-state index in [4.69, 9.17) is 9.47 Å². The molecule has 0 aromatic carbocycles. The Kier molecular flexibility index (Phi) is 4.43. The molecule has 1 saturated heterocycles. The second-order valence-corrected chi connectivity index (χ2v) is 5.56. The van der Waals surface area contributed by atoms with Gasteiger partial charge in [0.05, 0.1) is 25.5 Å². The van der Waals surface area contributed by atoms with E-state index in [9.17, 15) is 0 Å². The van der Waals surface area contributed by atoms with Crippen molar-refractivity contribution in [3.63, 3.8) is 0 Å². The minimum Gasteiger partial charge on any atom is -0.381 e. The number of nitrogens with zero attached hydrogens (tertiary/aromatic N) is 1. The predicted octanol–water partition coefficient (Wildman–Crippen LogP) is 1.89. The maximum Gasteiger partial charge on any atom is 0.0887 e. The van der Waals surface area contributed by atoms with Crippen LogP contribution in [0.25, 0.3) is 0 Å². The van der Waals surface area contributed by atoms with Crippen molar-refractivity contribution in [2.75, 3.05) is 19.8 Å². The minimum atomic E-state index is 0.571. The maximum atomic E-state index is 5.69. The molecule has 0 bridgehead atoms. The largest absolute Gasteiger partial charge is 0.381 e. The Morgan fingerprint density at radius 1 is 1.32 bits per heavy atom. The van der Waals surface area contributed by atoms with Gasteiger partial charge in [-0.3, -0.25) is 4.98 Å². The molecule has 4 nitrogen and oxygen atoms in total. The van der Waals surface area contributed by atoms with Gasteiger partial charge in [-0.25, -0.2) is 0 Å². The van der Waals surface area contributed by atoms with Gasteiger partial charge in [0.15, 0.2) is 0 Å². The van der Waals surface area contributed by atoms with E-state index in [-0.39, 0.29) is 0 Å². The molecule has 2 heterocycles. The molecule has 19 heavy (non-hydrogen) atoms. The summed E-state index contributed by atoms with van der Waals surface area (Å²) in [5.74, 6) is 0.571. The van der Waals surface area contributed by atoms with Crippen LogP contribution < -0.4 is 5.32 Å². The van der Waals surface area contributed by atoms with Crippen molar-refractivity contribution in [1.29, 1.82) is 0 Å². The summed E-state index contributed by atoms with van der Waals surface area (Å²) >= 11 is 0. The first kappa shape index (κ1) is 13.0. The minimum absolute atomic E-state index is 0.571. The van der Waals surface area contributed by atoms with E-state index >= 15 is 0 Å². The molecule has 0 spiro atoms. The van der Waals surface area contributed by atoms with Crippen LogP contribution in [0.3, 0.4) is 0 Å². The van der Waals surface area contributed by atoms with Gasteiger partial charge in [0.25, 0.3) is 0 Å². The van der Waals surface area contributed by atoms with E-state index < -0.39 is 0 Å². The van der Waals surface area contributed by atoms with Gasteiger partial charge in [0.2, 0.25) is 0 Å². The van der Waals surface area contributed by atoms with E-state index in [1.54, 1.807) is 0 Å². The number of nitrogens with one attached hydrogen (secondary N) is 1. The molecule has 3 rings (SSSR count). The molecule has 2 aliphatic rings. The van der Waals surface area contributed by atoms with Gasteiger partial charge < -0.3 is 14.8 Å². The summed E-state index contributed by atoms with van der Waals surface area (Å²) in [4.78, 5) is 4.44. The highest BCUT2D eigenvalue weighted by Crippen LogP contribution is 2.19. The predicted molar refractivity (Wildman–Crippen MR) is 72.7 cm³/mol. The molecule has 1 atom stereocenters. The van der Waals surface area contributed by atoms with Crippen LogP contribution in [-0.4, -0.2) is 30.8 Å². The van der Waals surface area contributed by atoms with Crippen molar-refractivity contribution < 1.29 is 9.47 Å². The highest BCUT2D eigenvalue weighted by Gasteiger charge is 2.19. The lowest BCUT2D eigenvalue weighted by Crippen LogP contribution is -2.15. The fourth-order valence-electron chi connectivity index (χ4n) is 2.24. The van der Waals surface area contributed by atoms with Crippen molar-refractivity contribution >= 4 is 0 Å². The van der Waals surface area contributed by atoms with E-state index in [1.807, 2.05) is 6.20 Å². The summed E-state index contributed by atoms with van der Waals surface area (Å²) < 4.78 is 11.0. The Labute approximate surface area is 114 Å². The van der Waals surface area contributed by atoms with Crippen molar-refractivity contribution in [1.82, 2.24) is 10.3 Å². The third kappa shape index (κ3) is 4.27. The van der Waals surface area contributed by atoms with Crippen molar-refractivity contribution in [3.8, 4) is 0 Å².